The van der Waals surface area contributed by atoms with Gasteiger partial charge in [0.05, 0.1) is 22.7 Å². The summed E-state index contributed by atoms with van der Waals surface area (Å²) in [6.45, 7) is 9.66. The summed E-state index contributed by atoms with van der Waals surface area (Å²) in [4.78, 5) is 4.95. The zero-order valence-corrected chi connectivity index (χ0v) is 41.0. The summed E-state index contributed by atoms with van der Waals surface area (Å²) in [6.07, 6.45) is 0. The van der Waals surface area contributed by atoms with Crippen LogP contribution in [0.5, 0.6) is 0 Å². The number of hydrogen-bond acceptors (Lipinski definition) is 2. The van der Waals surface area contributed by atoms with Crippen LogP contribution in [0.4, 0.5) is 34.1 Å². The van der Waals surface area contributed by atoms with Crippen molar-refractivity contribution in [2.24, 2.45) is 0 Å². The van der Waals surface area contributed by atoms with Crippen molar-refractivity contribution in [2.75, 3.05) is 9.80 Å². The van der Waals surface area contributed by atoms with Crippen LogP contribution in [0, 0.1) is 0 Å². The average molecular weight is 921 g/mol. The van der Waals surface area contributed by atoms with E-state index in [9.17, 15) is 0 Å². The third-order valence-corrected chi connectivity index (χ3v) is 16.1. The number of hydrogen-bond donors (Lipinski definition) is 0. The van der Waals surface area contributed by atoms with Crippen LogP contribution in [0.2, 0.25) is 0 Å². The fraction of sp³-hybridized carbons (Fsp3) is 0.0857. The smallest absolute Gasteiger partial charge is 0.0508 e. The van der Waals surface area contributed by atoms with Crippen LogP contribution in [-0.4, -0.2) is 0 Å². The highest BCUT2D eigenvalue weighted by atomic mass is 15.2. The van der Waals surface area contributed by atoms with Gasteiger partial charge in [0.15, 0.2) is 0 Å². The van der Waals surface area contributed by atoms with Crippen molar-refractivity contribution < 1.29 is 0 Å². The first-order valence-corrected chi connectivity index (χ1v) is 25.4. The van der Waals surface area contributed by atoms with E-state index in [-0.39, 0.29) is 10.8 Å². The number of anilines is 6. The molecule has 14 rings (SSSR count). The Morgan fingerprint density at radius 3 is 1.18 bits per heavy atom. The van der Waals surface area contributed by atoms with E-state index < -0.39 is 0 Å². The number of benzene rings is 12. The van der Waals surface area contributed by atoms with Gasteiger partial charge in [0.2, 0.25) is 0 Å². The molecule has 0 radical (unpaired) electrons. The summed E-state index contributed by atoms with van der Waals surface area (Å²) >= 11 is 0. The average Bonchev–Trinajstić information content (AvgIpc) is 3.43. The van der Waals surface area contributed by atoms with E-state index in [0.29, 0.717) is 0 Å². The van der Waals surface area contributed by atoms with Crippen molar-refractivity contribution in [3.63, 3.8) is 0 Å². The molecule has 2 aliphatic rings. The normalized spacial score (nSPS) is 14.3. The summed E-state index contributed by atoms with van der Waals surface area (Å²) in [6, 6.07) is 90.6. The fourth-order valence-electron chi connectivity index (χ4n) is 13.0. The molecule has 342 valence electrons. The number of fused-ring (bicyclic) bond motifs is 9. The Labute approximate surface area is 421 Å². The van der Waals surface area contributed by atoms with Crippen LogP contribution >= 0.6 is 0 Å². The highest BCUT2D eigenvalue weighted by Crippen LogP contribution is 2.58. The summed E-state index contributed by atoms with van der Waals surface area (Å²) in [5.41, 5.74) is 19.3. The Bertz CT molecular complexity index is 3960. The molecule has 12 aromatic carbocycles. The first-order valence-electron chi connectivity index (χ1n) is 25.4. The monoisotopic (exact) mass is 920 g/mol. The van der Waals surface area contributed by atoms with Gasteiger partial charge < -0.3 is 9.80 Å². The molecule has 0 bridgehead atoms. The minimum atomic E-state index is -0.315. The lowest BCUT2D eigenvalue weighted by molar-refractivity contribution is 0.633. The first-order chi connectivity index (χ1) is 35.3. The molecule has 0 aromatic heterocycles. The van der Waals surface area contributed by atoms with Crippen molar-refractivity contribution >= 4 is 77.2 Å². The topological polar surface area (TPSA) is 6.48 Å². The standard InChI is InChI=1S/C70H52N2/c1-69(2)60-37-15-17-39-62(60)71(46-24-7-5-8-25-46)64-41-21-35-55(67(64)69)51-31-19-33-53-57(51)44-58-52(32-20-34-54(58)66(53)59-43-45-23-11-12-28-48(45)49-29-13-14-30-50(49)59)56-36-22-42-65-68(56)70(3,4)61-38-16-18-40-63(61)72(65)47-26-9-6-10-27-47/h5-44H,1-4H3. The van der Waals surface area contributed by atoms with E-state index in [1.54, 1.807) is 0 Å². The van der Waals surface area contributed by atoms with E-state index in [1.165, 1.54) is 121 Å². The van der Waals surface area contributed by atoms with Gasteiger partial charge in [-0.15, -0.1) is 0 Å². The van der Waals surface area contributed by atoms with Crippen LogP contribution in [0.25, 0.3) is 76.5 Å². The molecular formula is C70H52N2. The Hall–Kier alpha value is -8.72. The maximum absolute atomic E-state index is 2.54. The Balaban J connectivity index is 1.11. The lowest BCUT2D eigenvalue weighted by Gasteiger charge is -2.43. The fourth-order valence-corrected chi connectivity index (χ4v) is 13.0. The number of rotatable bonds is 5. The molecule has 0 aliphatic carbocycles. The molecule has 0 amide bonds. The Morgan fingerprint density at radius 1 is 0.264 bits per heavy atom. The zero-order chi connectivity index (χ0) is 48.3. The highest BCUT2D eigenvalue weighted by Gasteiger charge is 2.41. The Morgan fingerprint density at radius 2 is 0.653 bits per heavy atom. The molecule has 0 atom stereocenters. The van der Waals surface area contributed by atoms with Gasteiger partial charge in [0.1, 0.15) is 0 Å². The van der Waals surface area contributed by atoms with E-state index in [1.807, 2.05) is 0 Å². The highest BCUT2D eigenvalue weighted by molar-refractivity contribution is 6.24. The quantitative estimate of drug-likeness (QED) is 0.125. The second-order valence-corrected chi connectivity index (χ2v) is 20.8. The van der Waals surface area contributed by atoms with Crippen molar-refractivity contribution in [3.8, 4) is 33.4 Å². The molecule has 0 fully saturated rings. The predicted octanol–water partition coefficient (Wildman–Crippen LogP) is 19.5. The summed E-state index contributed by atoms with van der Waals surface area (Å²) in [5, 5.41) is 9.97. The maximum Gasteiger partial charge on any atom is 0.0508 e. The van der Waals surface area contributed by atoms with Crippen LogP contribution in [0.3, 0.4) is 0 Å². The molecule has 2 heteroatoms. The lowest BCUT2D eigenvalue weighted by atomic mass is 9.70. The zero-order valence-electron chi connectivity index (χ0n) is 41.0. The van der Waals surface area contributed by atoms with Crippen molar-refractivity contribution in [2.45, 2.75) is 38.5 Å². The van der Waals surface area contributed by atoms with Crippen LogP contribution in [0.15, 0.2) is 243 Å². The minimum Gasteiger partial charge on any atom is -0.310 e. The van der Waals surface area contributed by atoms with E-state index >= 15 is 0 Å². The maximum atomic E-state index is 2.54. The third kappa shape index (κ3) is 6.09. The van der Waals surface area contributed by atoms with E-state index in [4.69, 9.17) is 0 Å². The summed E-state index contributed by atoms with van der Waals surface area (Å²) in [5.74, 6) is 0. The van der Waals surface area contributed by atoms with Gasteiger partial charge in [0.25, 0.3) is 0 Å². The van der Waals surface area contributed by atoms with Crippen molar-refractivity contribution in [1.29, 1.82) is 0 Å². The van der Waals surface area contributed by atoms with Crippen LogP contribution < -0.4 is 9.80 Å². The van der Waals surface area contributed by atoms with Gasteiger partial charge in [-0.05, 0) is 159 Å². The molecule has 2 nitrogen and oxygen atoms in total. The Kier molecular flexibility index (Phi) is 9.32. The molecule has 0 unspecified atom stereocenters. The lowest BCUT2D eigenvalue weighted by Crippen LogP contribution is -2.31. The molecule has 0 saturated heterocycles. The van der Waals surface area contributed by atoms with Crippen LogP contribution in [-0.2, 0) is 10.8 Å². The van der Waals surface area contributed by atoms with E-state index in [0.717, 1.165) is 11.4 Å². The summed E-state index contributed by atoms with van der Waals surface area (Å²) in [7, 11) is 0. The van der Waals surface area contributed by atoms with E-state index in [2.05, 4.69) is 280 Å². The molecular weight excluding hydrogens is 869 g/mol. The minimum absolute atomic E-state index is 0.315. The molecule has 0 spiro atoms. The van der Waals surface area contributed by atoms with Gasteiger partial charge in [-0.3, -0.25) is 0 Å². The largest absolute Gasteiger partial charge is 0.310 e. The molecule has 2 heterocycles. The number of para-hydroxylation sites is 4. The summed E-state index contributed by atoms with van der Waals surface area (Å²) < 4.78 is 0. The van der Waals surface area contributed by atoms with Gasteiger partial charge in [-0.2, -0.15) is 0 Å². The predicted molar refractivity (Wildman–Crippen MR) is 306 cm³/mol. The van der Waals surface area contributed by atoms with Crippen molar-refractivity contribution in [3.05, 3.63) is 265 Å². The molecule has 0 N–H and O–H groups in total. The van der Waals surface area contributed by atoms with Crippen molar-refractivity contribution in [1.82, 2.24) is 0 Å². The first kappa shape index (κ1) is 42.2. The SMILES string of the molecule is CC1(C)c2ccccc2N(c2ccccc2)c2cccc(-c3cccc4c(-c5cc6ccccc6c6ccccc56)c5cccc(-c6cccc7c6C(C)(C)c6ccccc6N7c6ccccc6)c5cc34)c21. The third-order valence-electron chi connectivity index (χ3n) is 16.1. The molecule has 12 aromatic rings. The molecule has 0 saturated carbocycles. The second kappa shape index (κ2) is 15.9. The van der Waals surface area contributed by atoms with Gasteiger partial charge in [0, 0.05) is 22.2 Å². The molecule has 72 heavy (non-hydrogen) atoms. The van der Waals surface area contributed by atoms with Gasteiger partial charge in [-0.25, -0.2) is 0 Å². The number of nitrogens with zero attached hydrogens (tertiary/aromatic N) is 2. The van der Waals surface area contributed by atoms with Gasteiger partial charge >= 0.3 is 0 Å². The second-order valence-electron chi connectivity index (χ2n) is 20.8. The van der Waals surface area contributed by atoms with Crippen LogP contribution in [0.1, 0.15) is 49.9 Å². The van der Waals surface area contributed by atoms with Gasteiger partial charge in [-0.1, -0.05) is 210 Å². The molecule has 2 aliphatic heterocycles.